The first-order valence-corrected chi connectivity index (χ1v) is 5.17. The molecule has 0 saturated carbocycles. The van der Waals surface area contributed by atoms with E-state index in [0.717, 1.165) is 22.4 Å². The summed E-state index contributed by atoms with van der Waals surface area (Å²) in [6.45, 7) is 4.67. The van der Waals surface area contributed by atoms with Gasteiger partial charge in [-0.1, -0.05) is 13.8 Å². The Morgan fingerprint density at radius 2 is 2.13 bits per heavy atom. The van der Waals surface area contributed by atoms with Crippen LogP contribution in [-0.2, 0) is 0 Å². The van der Waals surface area contributed by atoms with Crippen LogP contribution in [0.3, 0.4) is 0 Å². The SMILES string of the molecule is CC(C)c1cc2c3c(ccc2[nH]1)OCO3. The summed E-state index contributed by atoms with van der Waals surface area (Å²) in [7, 11) is 0. The lowest BCUT2D eigenvalue weighted by Crippen LogP contribution is -1.93. The normalized spacial score (nSPS) is 14.1. The second kappa shape index (κ2) is 2.92. The second-order valence-electron chi connectivity index (χ2n) is 4.14. The number of aromatic nitrogens is 1. The van der Waals surface area contributed by atoms with Gasteiger partial charge in [-0.2, -0.15) is 0 Å². The Kier molecular flexibility index (Phi) is 1.69. The summed E-state index contributed by atoms with van der Waals surface area (Å²) in [6, 6.07) is 6.13. The number of fused-ring (bicyclic) bond motifs is 3. The summed E-state index contributed by atoms with van der Waals surface area (Å²) >= 11 is 0. The van der Waals surface area contributed by atoms with E-state index in [1.165, 1.54) is 5.69 Å². The van der Waals surface area contributed by atoms with Crippen molar-refractivity contribution in [2.24, 2.45) is 0 Å². The van der Waals surface area contributed by atoms with Crippen molar-refractivity contribution in [2.45, 2.75) is 19.8 Å². The number of aromatic amines is 1. The summed E-state index contributed by atoms with van der Waals surface area (Å²) in [4.78, 5) is 3.39. The molecule has 0 radical (unpaired) electrons. The van der Waals surface area contributed by atoms with Crippen molar-refractivity contribution in [3.05, 3.63) is 23.9 Å². The number of benzene rings is 1. The first kappa shape index (κ1) is 8.65. The van der Waals surface area contributed by atoms with Gasteiger partial charge < -0.3 is 14.5 Å². The summed E-state index contributed by atoms with van der Waals surface area (Å²) in [5.74, 6) is 2.21. The first-order chi connectivity index (χ1) is 7.25. The van der Waals surface area contributed by atoms with Crippen LogP contribution in [0.2, 0.25) is 0 Å². The highest BCUT2D eigenvalue weighted by Crippen LogP contribution is 2.39. The second-order valence-corrected chi connectivity index (χ2v) is 4.14. The van der Waals surface area contributed by atoms with Crippen LogP contribution in [0.4, 0.5) is 0 Å². The van der Waals surface area contributed by atoms with E-state index in [0.29, 0.717) is 12.7 Å². The van der Waals surface area contributed by atoms with Crippen LogP contribution >= 0.6 is 0 Å². The fraction of sp³-hybridized carbons (Fsp3) is 0.333. The van der Waals surface area contributed by atoms with Crippen molar-refractivity contribution in [3.63, 3.8) is 0 Å². The molecule has 0 aliphatic carbocycles. The molecule has 0 unspecified atom stereocenters. The van der Waals surface area contributed by atoms with Crippen molar-refractivity contribution in [1.82, 2.24) is 4.98 Å². The maximum absolute atomic E-state index is 5.46. The number of hydrogen-bond acceptors (Lipinski definition) is 2. The lowest BCUT2D eigenvalue weighted by molar-refractivity contribution is 0.175. The minimum atomic E-state index is 0.330. The molecular formula is C12H13NO2. The van der Waals surface area contributed by atoms with Gasteiger partial charge in [0, 0.05) is 16.6 Å². The van der Waals surface area contributed by atoms with Crippen molar-refractivity contribution in [3.8, 4) is 11.5 Å². The maximum Gasteiger partial charge on any atom is 0.231 e. The highest BCUT2D eigenvalue weighted by atomic mass is 16.7. The number of ether oxygens (including phenoxy) is 2. The summed E-state index contributed by atoms with van der Waals surface area (Å²) in [5.41, 5.74) is 2.34. The molecule has 3 heteroatoms. The molecule has 0 spiro atoms. The molecule has 1 aromatic heterocycles. The lowest BCUT2D eigenvalue weighted by atomic mass is 10.1. The van der Waals surface area contributed by atoms with Crippen LogP contribution < -0.4 is 9.47 Å². The largest absolute Gasteiger partial charge is 0.454 e. The van der Waals surface area contributed by atoms with Crippen molar-refractivity contribution < 1.29 is 9.47 Å². The van der Waals surface area contributed by atoms with Crippen LogP contribution in [0.15, 0.2) is 18.2 Å². The Morgan fingerprint density at radius 1 is 1.27 bits per heavy atom. The Balaban J connectivity index is 2.27. The van der Waals surface area contributed by atoms with Crippen LogP contribution in [-0.4, -0.2) is 11.8 Å². The number of nitrogens with one attached hydrogen (secondary N) is 1. The van der Waals surface area contributed by atoms with E-state index in [4.69, 9.17) is 9.47 Å². The Morgan fingerprint density at radius 3 is 2.93 bits per heavy atom. The topological polar surface area (TPSA) is 34.2 Å². The van der Waals surface area contributed by atoms with Gasteiger partial charge in [0.2, 0.25) is 6.79 Å². The smallest absolute Gasteiger partial charge is 0.231 e. The van der Waals surface area contributed by atoms with Gasteiger partial charge in [0.05, 0.1) is 0 Å². The molecule has 1 aromatic carbocycles. The van der Waals surface area contributed by atoms with Gasteiger partial charge in [0.15, 0.2) is 11.5 Å². The minimum absolute atomic E-state index is 0.330. The third kappa shape index (κ3) is 1.19. The van der Waals surface area contributed by atoms with E-state index >= 15 is 0 Å². The lowest BCUT2D eigenvalue weighted by Gasteiger charge is -1.97. The molecule has 3 rings (SSSR count). The average Bonchev–Trinajstić information content (AvgIpc) is 2.82. The zero-order valence-corrected chi connectivity index (χ0v) is 8.83. The minimum Gasteiger partial charge on any atom is -0.454 e. The Hall–Kier alpha value is -1.64. The predicted molar refractivity (Wildman–Crippen MR) is 58.5 cm³/mol. The molecular weight excluding hydrogens is 190 g/mol. The fourth-order valence-corrected chi connectivity index (χ4v) is 1.90. The molecule has 2 heterocycles. The van der Waals surface area contributed by atoms with Crippen molar-refractivity contribution >= 4 is 10.9 Å². The molecule has 0 amide bonds. The molecule has 0 saturated heterocycles. The van der Waals surface area contributed by atoms with Crippen LogP contribution in [0.1, 0.15) is 25.5 Å². The first-order valence-electron chi connectivity index (χ1n) is 5.17. The third-order valence-electron chi connectivity index (χ3n) is 2.78. The predicted octanol–water partition coefficient (Wildman–Crippen LogP) is 3.02. The molecule has 0 fully saturated rings. The van der Waals surface area contributed by atoms with Gasteiger partial charge >= 0.3 is 0 Å². The molecule has 0 bridgehead atoms. The summed E-state index contributed by atoms with van der Waals surface area (Å²) in [6.07, 6.45) is 0. The zero-order chi connectivity index (χ0) is 10.4. The van der Waals surface area contributed by atoms with Gasteiger partial charge in [0.1, 0.15) is 0 Å². The monoisotopic (exact) mass is 203 g/mol. The molecule has 3 nitrogen and oxygen atoms in total. The number of rotatable bonds is 1. The molecule has 15 heavy (non-hydrogen) atoms. The molecule has 1 aliphatic heterocycles. The van der Waals surface area contributed by atoms with E-state index < -0.39 is 0 Å². The molecule has 78 valence electrons. The van der Waals surface area contributed by atoms with E-state index in [9.17, 15) is 0 Å². The van der Waals surface area contributed by atoms with Crippen LogP contribution in [0.5, 0.6) is 11.5 Å². The van der Waals surface area contributed by atoms with Gasteiger partial charge in [0.25, 0.3) is 0 Å². The molecule has 0 atom stereocenters. The fourth-order valence-electron chi connectivity index (χ4n) is 1.90. The highest BCUT2D eigenvalue weighted by Gasteiger charge is 2.18. The molecule has 1 N–H and O–H groups in total. The van der Waals surface area contributed by atoms with E-state index in [2.05, 4.69) is 24.9 Å². The molecule has 1 aliphatic rings. The standard InChI is InChI=1S/C12H13NO2/c1-7(2)10-5-8-9(13-10)3-4-11-12(8)15-6-14-11/h3-5,7,13H,6H2,1-2H3. The average molecular weight is 203 g/mol. The Bertz CT molecular complexity index is 514. The van der Waals surface area contributed by atoms with Crippen LogP contribution in [0, 0.1) is 0 Å². The van der Waals surface area contributed by atoms with E-state index in [1.54, 1.807) is 0 Å². The number of H-pyrrole nitrogens is 1. The quantitative estimate of drug-likeness (QED) is 0.773. The molecule has 2 aromatic rings. The number of hydrogen-bond donors (Lipinski definition) is 1. The van der Waals surface area contributed by atoms with E-state index in [-0.39, 0.29) is 0 Å². The Labute approximate surface area is 88.0 Å². The summed E-state index contributed by atoms with van der Waals surface area (Å²) < 4.78 is 10.8. The van der Waals surface area contributed by atoms with Crippen molar-refractivity contribution in [1.29, 1.82) is 0 Å². The van der Waals surface area contributed by atoms with Gasteiger partial charge in [-0.05, 0) is 24.1 Å². The van der Waals surface area contributed by atoms with E-state index in [1.807, 2.05) is 12.1 Å². The third-order valence-corrected chi connectivity index (χ3v) is 2.78. The highest BCUT2D eigenvalue weighted by molar-refractivity contribution is 5.89. The van der Waals surface area contributed by atoms with Crippen LogP contribution in [0.25, 0.3) is 10.9 Å². The maximum atomic E-state index is 5.46. The van der Waals surface area contributed by atoms with Gasteiger partial charge in [-0.15, -0.1) is 0 Å². The van der Waals surface area contributed by atoms with Gasteiger partial charge in [-0.3, -0.25) is 0 Å². The van der Waals surface area contributed by atoms with Gasteiger partial charge in [-0.25, -0.2) is 0 Å². The zero-order valence-electron chi connectivity index (χ0n) is 8.83. The van der Waals surface area contributed by atoms with Crippen molar-refractivity contribution in [2.75, 3.05) is 6.79 Å². The summed E-state index contributed by atoms with van der Waals surface area (Å²) in [5, 5.41) is 1.12.